The first kappa shape index (κ1) is 23.7. The minimum atomic E-state index is 0.773. The van der Waals surface area contributed by atoms with Gasteiger partial charge in [-0.05, 0) is 62.2 Å². The van der Waals surface area contributed by atoms with E-state index in [0.717, 1.165) is 29.9 Å². The third-order valence-electron chi connectivity index (χ3n) is 3.18. The molecule has 0 rings (SSSR count). The van der Waals surface area contributed by atoms with Crippen LogP contribution < -0.4 is 11.1 Å². The number of hydrogen-bond donors (Lipinski definition) is 2. The van der Waals surface area contributed by atoms with Gasteiger partial charge < -0.3 is 11.1 Å². The highest BCUT2D eigenvalue weighted by atomic mass is 79.9. The maximum atomic E-state index is 5.23. The highest BCUT2D eigenvalue weighted by Gasteiger charge is 1.97. The van der Waals surface area contributed by atoms with Crippen LogP contribution in [0.4, 0.5) is 0 Å². The Morgan fingerprint density at radius 2 is 1.82 bits per heavy atom. The summed E-state index contributed by atoms with van der Waals surface area (Å²) < 4.78 is 1.14. The van der Waals surface area contributed by atoms with Crippen LogP contribution in [0.25, 0.3) is 0 Å². The molecule has 0 radical (unpaired) electrons. The topological polar surface area (TPSA) is 38.0 Å². The first-order valence-electron chi connectivity index (χ1n) is 8.50. The van der Waals surface area contributed by atoms with Crippen molar-refractivity contribution in [1.29, 1.82) is 0 Å². The van der Waals surface area contributed by atoms with E-state index in [1.165, 1.54) is 30.5 Å². The summed E-state index contributed by atoms with van der Waals surface area (Å²) in [6, 6.07) is 0. The number of unbranched alkanes of at least 4 members (excludes halogenated alkanes) is 2. The van der Waals surface area contributed by atoms with Crippen LogP contribution in [0.2, 0.25) is 0 Å². The normalized spacial score (nSPS) is 13.0. The molecule has 2 nitrogen and oxygen atoms in total. The summed E-state index contributed by atoms with van der Waals surface area (Å²) in [5.41, 5.74) is 7.74. The van der Waals surface area contributed by atoms with Crippen molar-refractivity contribution in [2.24, 2.45) is 11.7 Å². The first-order valence-corrected chi connectivity index (χ1v) is 9.29. The third kappa shape index (κ3) is 17.5. The van der Waals surface area contributed by atoms with Crippen LogP contribution in [0.3, 0.4) is 0 Å². The number of allylic oxidation sites excluding steroid dienone is 5. The number of halogens is 1. The molecule has 3 N–H and O–H groups in total. The standard InChI is InChI=1S/C14H24BrN.C5H13N/c1-5-7-8-11-16-14(12(3)6-2)10-9-13(4)15;1-5(2)3-4-6/h6,9-10,16H,5,7-8,11H2,1-4H3;5H,3-4,6H2,1-2H3/b12-6-,13-9+,14-10+;. The molecule has 22 heavy (non-hydrogen) atoms. The maximum Gasteiger partial charge on any atom is 0.0366 e. The second kappa shape index (κ2) is 16.8. The quantitative estimate of drug-likeness (QED) is 0.390. The lowest BCUT2D eigenvalue weighted by molar-refractivity contribution is 0.596. The van der Waals surface area contributed by atoms with E-state index < -0.39 is 0 Å². The SMILES string of the molecule is CC(C)CCN.C\C=C(C)/C(=C\C=C(/C)Br)NCCCCC. The van der Waals surface area contributed by atoms with Gasteiger partial charge in [0.2, 0.25) is 0 Å². The molecule has 0 aromatic heterocycles. The molecule has 0 atom stereocenters. The molecule has 0 saturated heterocycles. The van der Waals surface area contributed by atoms with Crippen LogP contribution in [0, 0.1) is 5.92 Å². The molecule has 3 heteroatoms. The zero-order valence-electron chi connectivity index (χ0n) is 15.5. The Morgan fingerprint density at radius 3 is 2.18 bits per heavy atom. The zero-order chi connectivity index (χ0) is 17.4. The van der Waals surface area contributed by atoms with Gasteiger partial charge in [0.15, 0.2) is 0 Å². The van der Waals surface area contributed by atoms with E-state index in [0.29, 0.717) is 0 Å². The van der Waals surface area contributed by atoms with Gasteiger partial charge in [-0.2, -0.15) is 0 Å². The number of nitrogens with one attached hydrogen (secondary N) is 1. The molecular weight excluding hydrogens is 336 g/mol. The van der Waals surface area contributed by atoms with Crippen LogP contribution in [0.15, 0.2) is 34.0 Å². The molecule has 0 unspecified atom stereocenters. The van der Waals surface area contributed by atoms with Crippen molar-refractivity contribution in [2.75, 3.05) is 13.1 Å². The van der Waals surface area contributed by atoms with Gasteiger partial charge in [-0.1, -0.05) is 61.7 Å². The van der Waals surface area contributed by atoms with E-state index in [1.54, 1.807) is 0 Å². The molecule has 0 aliphatic heterocycles. The minimum Gasteiger partial charge on any atom is -0.385 e. The monoisotopic (exact) mass is 372 g/mol. The molecule has 0 aliphatic rings. The van der Waals surface area contributed by atoms with Crippen LogP contribution >= 0.6 is 15.9 Å². The number of hydrogen-bond acceptors (Lipinski definition) is 2. The van der Waals surface area contributed by atoms with Crippen LogP contribution in [0.1, 0.15) is 67.2 Å². The average molecular weight is 373 g/mol. The molecule has 0 spiro atoms. The third-order valence-corrected chi connectivity index (χ3v) is 3.44. The lowest BCUT2D eigenvalue weighted by Gasteiger charge is -2.10. The first-order chi connectivity index (χ1) is 10.4. The molecular formula is C19H37BrN2. The van der Waals surface area contributed by atoms with Gasteiger partial charge in [0.25, 0.3) is 0 Å². The fraction of sp³-hybridized carbons (Fsp3) is 0.684. The summed E-state index contributed by atoms with van der Waals surface area (Å²) in [7, 11) is 0. The Kier molecular flexibility index (Phi) is 18.1. The van der Waals surface area contributed by atoms with Crippen molar-refractivity contribution in [3.8, 4) is 0 Å². The molecule has 130 valence electrons. The highest BCUT2D eigenvalue weighted by molar-refractivity contribution is 9.11. The van der Waals surface area contributed by atoms with Gasteiger partial charge in [0.1, 0.15) is 0 Å². The van der Waals surface area contributed by atoms with E-state index in [4.69, 9.17) is 5.73 Å². The molecule has 0 aromatic rings. The molecule has 0 saturated carbocycles. The van der Waals surface area contributed by atoms with Crippen molar-refractivity contribution in [1.82, 2.24) is 5.32 Å². The van der Waals surface area contributed by atoms with Gasteiger partial charge in [0, 0.05) is 12.2 Å². The van der Waals surface area contributed by atoms with Crippen molar-refractivity contribution < 1.29 is 0 Å². The molecule has 0 aromatic carbocycles. The Balaban J connectivity index is 0. The van der Waals surface area contributed by atoms with Crippen molar-refractivity contribution in [3.05, 3.63) is 34.0 Å². The number of rotatable bonds is 9. The second-order valence-electron chi connectivity index (χ2n) is 5.91. The summed E-state index contributed by atoms with van der Waals surface area (Å²) in [4.78, 5) is 0. The Labute approximate surface area is 147 Å². The molecule has 0 fully saturated rings. The van der Waals surface area contributed by atoms with Crippen LogP contribution in [-0.4, -0.2) is 13.1 Å². The Bertz CT molecular complexity index is 337. The summed E-state index contributed by atoms with van der Waals surface area (Å²) in [6.45, 7) is 14.7. The van der Waals surface area contributed by atoms with E-state index in [2.05, 4.69) is 74.1 Å². The van der Waals surface area contributed by atoms with Crippen molar-refractivity contribution in [2.45, 2.75) is 67.2 Å². The van der Waals surface area contributed by atoms with Gasteiger partial charge >= 0.3 is 0 Å². The predicted molar refractivity (Wildman–Crippen MR) is 106 cm³/mol. The molecule has 0 aliphatic carbocycles. The summed E-state index contributed by atoms with van der Waals surface area (Å²) in [6.07, 6.45) is 11.3. The van der Waals surface area contributed by atoms with E-state index in [-0.39, 0.29) is 0 Å². The van der Waals surface area contributed by atoms with Crippen LogP contribution in [-0.2, 0) is 0 Å². The zero-order valence-corrected chi connectivity index (χ0v) is 17.1. The predicted octanol–water partition coefficient (Wildman–Crippen LogP) is 5.91. The lowest BCUT2D eigenvalue weighted by Crippen LogP contribution is -2.15. The average Bonchev–Trinajstić information content (AvgIpc) is 2.46. The highest BCUT2D eigenvalue weighted by Crippen LogP contribution is 2.09. The lowest BCUT2D eigenvalue weighted by atomic mass is 10.1. The molecule has 0 amide bonds. The summed E-state index contributed by atoms with van der Waals surface area (Å²) in [5.74, 6) is 0.773. The minimum absolute atomic E-state index is 0.773. The molecule has 0 bridgehead atoms. The molecule has 0 heterocycles. The number of nitrogens with two attached hydrogens (primary N) is 1. The smallest absolute Gasteiger partial charge is 0.0366 e. The van der Waals surface area contributed by atoms with Crippen molar-refractivity contribution in [3.63, 3.8) is 0 Å². The summed E-state index contributed by atoms with van der Waals surface area (Å²) in [5, 5.41) is 3.49. The maximum absolute atomic E-state index is 5.23. The van der Waals surface area contributed by atoms with E-state index in [9.17, 15) is 0 Å². The fourth-order valence-corrected chi connectivity index (χ4v) is 1.75. The van der Waals surface area contributed by atoms with Crippen LogP contribution in [0.5, 0.6) is 0 Å². The van der Waals surface area contributed by atoms with Gasteiger partial charge in [-0.15, -0.1) is 0 Å². The van der Waals surface area contributed by atoms with Gasteiger partial charge in [0.05, 0.1) is 0 Å². The van der Waals surface area contributed by atoms with Gasteiger partial charge in [-0.3, -0.25) is 0 Å². The van der Waals surface area contributed by atoms with E-state index >= 15 is 0 Å². The largest absolute Gasteiger partial charge is 0.385 e. The summed E-state index contributed by atoms with van der Waals surface area (Å²) >= 11 is 3.44. The Morgan fingerprint density at radius 1 is 1.18 bits per heavy atom. The van der Waals surface area contributed by atoms with E-state index in [1.807, 2.05) is 6.92 Å². The Hall–Kier alpha value is -0.540. The second-order valence-corrected chi connectivity index (χ2v) is 7.16. The van der Waals surface area contributed by atoms with Gasteiger partial charge in [-0.25, -0.2) is 0 Å². The van der Waals surface area contributed by atoms with Crippen molar-refractivity contribution >= 4 is 15.9 Å². The fourth-order valence-electron chi connectivity index (χ4n) is 1.61.